The molecule has 75 heavy (non-hydrogen) atoms. The lowest BCUT2D eigenvalue weighted by Crippen LogP contribution is -2.52. The average Bonchev–Trinajstić information content (AvgIpc) is 4.08. The van der Waals surface area contributed by atoms with Crippen LogP contribution in [0.5, 0.6) is 28.7 Å². The number of nitrogens with zero attached hydrogens (tertiary/aromatic N) is 10. The van der Waals surface area contributed by atoms with Gasteiger partial charge in [0.2, 0.25) is 18.4 Å². The van der Waals surface area contributed by atoms with Gasteiger partial charge in [0.1, 0.15) is 30.9 Å². The van der Waals surface area contributed by atoms with Gasteiger partial charge in [-0.3, -0.25) is 9.36 Å². The van der Waals surface area contributed by atoms with Crippen molar-refractivity contribution in [1.82, 2.24) is 39.5 Å². The Morgan fingerprint density at radius 2 is 1.65 bits per heavy atom. The minimum Gasteiger partial charge on any atom is -0.493 e. The van der Waals surface area contributed by atoms with E-state index in [9.17, 15) is 24.0 Å². The van der Waals surface area contributed by atoms with Gasteiger partial charge in [-0.1, -0.05) is 19.1 Å². The summed E-state index contributed by atoms with van der Waals surface area (Å²) in [6, 6.07) is 19.5. The van der Waals surface area contributed by atoms with Gasteiger partial charge >= 0.3 is 24.3 Å². The third-order valence-electron chi connectivity index (χ3n) is 13.9. The molecule has 2 atom stereocenters. The van der Waals surface area contributed by atoms with E-state index in [4.69, 9.17) is 33.7 Å². The molecule has 0 radical (unpaired) electrons. The maximum absolute atomic E-state index is 13.7. The second kappa shape index (κ2) is 22.1. The highest BCUT2D eigenvalue weighted by molar-refractivity contribution is 5.95. The highest BCUT2D eigenvalue weighted by Crippen LogP contribution is 2.42. The van der Waals surface area contributed by atoms with Crippen molar-refractivity contribution in [3.05, 3.63) is 90.5 Å². The quantitative estimate of drug-likeness (QED) is 0.127. The van der Waals surface area contributed by atoms with Crippen LogP contribution in [0.1, 0.15) is 30.9 Å². The molecule has 6 heterocycles. The SMILES string of the molecule is COc1ccc2cc3[n+](cc2c1OC(=O)N(C)CCNC(=O)Oc1ccc(COC(=O)N(C)CCN(C)C(=O)n2ccc4c(N(C)[C@H]5CN(C(=O)CC#N)CC[C@H]5C)ncnc42)cc1)CCc1cc2c(cc1-3)OCO2. The molecule has 1 fully saturated rings. The standard InChI is InChI=1S/C53H57N11O11/c1-33-14-19-63(46(65)13-17-54)29-42(33)61(5)48-38-16-21-64(49(38)57-31-56-48)51(67)58(2)23-24-60(4)52(68)71-30-34-7-10-37(11-8-34)74-50(66)55-18-22-59(3)53(69)75-47-40-28-62-20-15-36-26-44-45(73-32-72-44)27-39(36)41(62)25-35(40)9-12-43(47)70-6/h7-12,16,21,25-28,31,33,42H,13-15,18-20,22-24,29-30,32H2,1-6H3/p+1/t33-,42+/m1/s1. The minimum absolute atomic E-state index is 0.0553. The van der Waals surface area contributed by atoms with Crippen molar-refractivity contribution in [2.45, 2.75) is 45.4 Å². The largest absolute Gasteiger partial charge is 0.493 e. The molecule has 3 aliphatic rings. The number of hydrogen-bond donors (Lipinski definition) is 1. The third-order valence-corrected chi connectivity index (χ3v) is 13.9. The molecule has 22 nitrogen and oxygen atoms in total. The van der Waals surface area contributed by atoms with Gasteiger partial charge < -0.3 is 58.2 Å². The zero-order chi connectivity index (χ0) is 52.9. The molecule has 0 saturated carbocycles. The molecule has 6 aromatic rings. The Bertz CT molecular complexity index is 3210. The molecule has 3 aromatic carbocycles. The number of carbonyl (C=O) groups excluding carboxylic acids is 5. The maximum Gasteiger partial charge on any atom is 0.415 e. The van der Waals surface area contributed by atoms with Crippen LogP contribution in [0.3, 0.4) is 0 Å². The van der Waals surface area contributed by atoms with Gasteiger partial charge in [0.25, 0.3) is 0 Å². The second-order valence-electron chi connectivity index (χ2n) is 18.7. The summed E-state index contributed by atoms with van der Waals surface area (Å²) >= 11 is 0. The number of nitrogens with one attached hydrogen (secondary N) is 1. The number of ether oxygens (including phenoxy) is 6. The smallest absolute Gasteiger partial charge is 0.415 e. The molecule has 9 rings (SSSR count). The van der Waals surface area contributed by atoms with E-state index in [2.05, 4.69) is 32.8 Å². The average molecular weight is 1030 g/mol. The Balaban J connectivity index is 0.707. The van der Waals surface area contributed by atoms with Crippen LogP contribution < -0.4 is 38.5 Å². The molecule has 3 aromatic heterocycles. The number of fused-ring (bicyclic) bond motifs is 6. The summed E-state index contributed by atoms with van der Waals surface area (Å²) in [7, 11) is 8.18. The number of carbonyl (C=O) groups is 5. The minimum atomic E-state index is -0.732. The van der Waals surface area contributed by atoms with Gasteiger partial charge in [-0.25, -0.2) is 29.1 Å². The second-order valence-corrected chi connectivity index (χ2v) is 18.7. The first-order valence-electron chi connectivity index (χ1n) is 24.5. The summed E-state index contributed by atoms with van der Waals surface area (Å²) in [5.74, 6) is 3.05. The number of rotatable bonds is 14. The summed E-state index contributed by atoms with van der Waals surface area (Å²) in [4.78, 5) is 82.1. The Hall–Kier alpha value is -8.87. The summed E-state index contributed by atoms with van der Waals surface area (Å²) in [6.45, 7) is 4.56. The Kier molecular flexibility index (Phi) is 15.0. The van der Waals surface area contributed by atoms with Crippen LogP contribution in [0.15, 0.2) is 79.4 Å². The van der Waals surface area contributed by atoms with Crippen LogP contribution in [0.2, 0.25) is 0 Å². The van der Waals surface area contributed by atoms with Crippen molar-refractivity contribution < 1.29 is 57.0 Å². The van der Waals surface area contributed by atoms with Gasteiger partial charge in [-0.2, -0.15) is 9.83 Å². The van der Waals surface area contributed by atoms with E-state index in [0.717, 1.165) is 35.2 Å². The summed E-state index contributed by atoms with van der Waals surface area (Å²) in [6.07, 6.45) is 4.43. The van der Waals surface area contributed by atoms with Gasteiger partial charge in [-0.05, 0) is 71.3 Å². The number of anilines is 1. The van der Waals surface area contributed by atoms with Gasteiger partial charge in [-0.15, -0.1) is 0 Å². The van der Waals surface area contributed by atoms with Crippen molar-refractivity contribution in [1.29, 1.82) is 5.26 Å². The van der Waals surface area contributed by atoms with E-state index < -0.39 is 18.3 Å². The van der Waals surface area contributed by atoms with E-state index in [1.54, 1.807) is 68.6 Å². The first kappa shape index (κ1) is 51.0. The Morgan fingerprint density at radius 3 is 2.43 bits per heavy atom. The topological polar surface area (TPSA) is 227 Å². The number of aryl methyl sites for hydroxylation is 2. The fraction of sp³-hybridized carbons (Fsp3) is 0.377. The molecule has 0 aliphatic carbocycles. The zero-order valence-electron chi connectivity index (χ0n) is 42.6. The molecule has 22 heteroatoms. The highest BCUT2D eigenvalue weighted by atomic mass is 16.7. The van der Waals surface area contributed by atoms with E-state index in [-0.39, 0.29) is 81.4 Å². The number of nitriles is 1. The van der Waals surface area contributed by atoms with E-state index >= 15 is 0 Å². The molecule has 1 saturated heterocycles. The van der Waals surface area contributed by atoms with Gasteiger partial charge in [0.05, 0.1) is 35.6 Å². The van der Waals surface area contributed by atoms with Gasteiger partial charge in [0, 0.05) is 86.1 Å². The number of hydrogen-bond acceptors (Lipinski definition) is 15. The Morgan fingerprint density at radius 1 is 0.893 bits per heavy atom. The van der Waals surface area contributed by atoms with Crippen molar-refractivity contribution in [3.63, 3.8) is 0 Å². The summed E-state index contributed by atoms with van der Waals surface area (Å²) in [5.41, 5.74) is 4.28. The number of likely N-dealkylation sites (N-methyl/N-ethyl adjacent to an activating group) is 4. The first-order chi connectivity index (χ1) is 36.2. The molecule has 1 N–H and O–H groups in total. The van der Waals surface area contributed by atoms with E-state index in [1.807, 2.05) is 42.4 Å². The molecular formula is C53H58N11O11+. The summed E-state index contributed by atoms with van der Waals surface area (Å²) < 4.78 is 37.3. The fourth-order valence-corrected chi connectivity index (χ4v) is 9.46. The van der Waals surface area contributed by atoms with Crippen molar-refractivity contribution >= 4 is 57.8 Å². The zero-order valence-corrected chi connectivity index (χ0v) is 42.6. The van der Waals surface area contributed by atoms with Crippen LogP contribution in [-0.2, 0) is 29.1 Å². The van der Waals surface area contributed by atoms with Crippen molar-refractivity contribution in [2.75, 3.05) is 86.3 Å². The van der Waals surface area contributed by atoms with Crippen LogP contribution in [0, 0.1) is 17.2 Å². The molecule has 0 spiro atoms. The number of amides is 5. The van der Waals surface area contributed by atoms with Gasteiger partial charge in [0.15, 0.2) is 41.4 Å². The molecule has 0 unspecified atom stereocenters. The van der Waals surface area contributed by atoms with Crippen molar-refractivity contribution in [3.8, 4) is 46.1 Å². The van der Waals surface area contributed by atoms with Crippen molar-refractivity contribution in [2.24, 2.45) is 5.92 Å². The van der Waals surface area contributed by atoms with E-state index in [1.165, 1.54) is 38.3 Å². The third kappa shape index (κ3) is 10.9. The number of pyridine rings is 1. The lowest BCUT2D eigenvalue weighted by Gasteiger charge is -2.42. The fourth-order valence-electron chi connectivity index (χ4n) is 9.46. The predicted molar refractivity (Wildman–Crippen MR) is 272 cm³/mol. The molecule has 3 aliphatic heterocycles. The summed E-state index contributed by atoms with van der Waals surface area (Å²) in [5, 5.41) is 13.9. The monoisotopic (exact) mass is 1020 g/mol. The molecule has 5 amide bonds. The highest BCUT2D eigenvalue weighted by Gasteiger charge is 2.34. The van der Waals surface area contributed by atoms with E-state index in [0.29, 0.717) is 58.9 Å². The predicted octanol–water partition coefficient (Wildman–Crippen LogP) is 5.81. The number of piperidine rings is 1. The lowest BCUT2D eigenvalue weighted by molar-refractivity contribution is -0.686. The number of methoxy groups -OCH3 is 1. The normalized spacial score (nSPS) is 15.2. The maximum atomic E-state index is 13.7. The van der Waals surface area contributed by atoms with Crippen LogP contribution in [0.4, 0.5) is 25.0 Å². The number of likely N-dealkylation sites (tertiary alicyclic amines) is 1. The van der Waals surface area contributed by atoms with Crippen LogP contribution in [-0.4, -0.2) is 152 Å². The first-order valence-corrected chi connectivity index (χ1v) is 24.5. The molecule has 0 bridgehead atoms. The lowest BCUT2D eigenvalue weighted by atomic mass is 9.92. The molecular weight excluding hydrogens is 967 g/mol. The number of aromatic nitrogens is 4. The van der Waals surface area contributed by atoms with Crippen LogP contribution >= 0.6 is 0 Å². The Labute approximate surface area is 432 Å². The molecule has 390 valence electrons. The number of benzene rings is 3. The van der Waals surface area contributed by atoms with Crippen LogP contribution in [0.25, 0.3) is 33.1 Å².